The Kier molecular flexibility index (Phi) is 6.13. The minimum Gasteiger partial charge on any atom is -0.357 e. The first-order valence-corrected chi connectivity index (χ1v) is 11.0. The smallest absolute Gasteiger partial charge is 0.194 e. The van der Waals surface area contributed by atoms with Crippen molar-refractivity contribution in [3.8, 4) is 0 Å². The van der Waals surface area contributed by atoms with Gasteiger partial charge < -0.3 is 10.2 Å². The van der Waals surface area contributed by atoms with Gasteiger partial charge in [-0.25, -0.2) is 8.42 Å². The highest BCUT2D eigenvalue weighted by Gasteiger charge is 2.40. The van der Waals surface area contributed by atoms with Gasteiger partial charge in [0.15, 0.2) is 15.8 Å². The number of sulfone groups is 1. The molecular formula is C15H24BrN3O2S2. The van der Waals surface area contributed by atoms with Gasteiger partial charge in [-0.15, -0.1) is 11.3 Å². The lowest BCUT2D eigenvalue weighted by atomic mass is 10.2. The van der Waals surface area contributed by atoms with Crippen LogP contribution in [-0.2, 0) is 16.3 Å². The zero-order valence-electron chi connectivity index (χ0n) is 13.8. The van der Waals surface area contributed by atoms with E-state index in [2.05, 4.69) is 37.2 Å². The highest BCUT2D eigenvalue weighted by molar-refractivity contribution is 9.11. The summed E-state index contributed by atoms with van der Waals surface area (Å²) in [6.07, 6.45) is 0.890. The van der Waals surface area contributed by atoms with Crippen LogP contribution in [0.25, 0.3) is 0 Å². The maximum absolute atomic E-state index is 12.1. The summed E-state index contributed by atoms with van der Waals surface area (Å²) >= 11 is 5.19. The number of hydrogen-bond donors (Lipinski definition) is 1. The van der Waals surface area contributed by atoms with E-state index in [1.54, 1.807) is 25.2 Å². The highest BCUT2D eigenvalue weighted by Crippen LogP contribution is 2.24. The number of hydrogen-bond acceptors (Lipinski definition) is 4. The van der Waals surface area contributed by atoms with Gasteiger partial charge in [0.1, 0.15) is 0 Å². The predicted molar refractivity (Wildman–Crippen MR) is 101 cm³/mol. The van der Waals surface area contributed by atoms with E-state index < -0.39 is 14.6 Å². The van der Waals surface area contributed by atoms with Crippen LogP contribution in [0.4, 0.5) is 0 Å². The van der Waals surface area contributed by atoms with Crippen molar-refractivity contribution in [2.45, 2.75) is 31.9 Å². The van der Waals surface area contributed by atoms with Crippen LogP contribution in [0.2, 0.25) is 0 Å². The highest BCUT2D eigenvalue weighted by atomic mass is 79.9. The monoisotopic (exact) mass is 421 g/mol. The third kappa shape index (κ3) is 4.70. The van der Waals surface area contributed by atoms with Crippen LogP contribution in [0.5, 0.6) is 0 Å². The first-order chi connectivity index (χ1) is 10.7. The average molecular weight is 422 g/mol. The van der Waals surface area contributed by atoms with Crippen LogP contribution >= 0.6 is 27.3 Å². The van der Waals surface area contributed by atoms with Crippen molar-refractivity contribution < 1.29 is 8.42 Å². The minimum atomic E-state index is -3.03. The van der Waals surface area contributed by atoms with Crippen molar-refractivity contribution in [2.75, 3.05) is 31.9 Å². The number of guanidine groups is 1. The molecule has 2 rings (SSSR count). The third-order valence-corrected chi connectivity index (χ3v) is 8.14. The molecule has 0 saturated carbocycles. The number of nitrogens with zero attached hydrogens (tertiary/aromatic N) is 2. The lowest BCUT2D eigenvalue weighted by Crippen LogP contribution is -2.57. The van der Waals surface area contributed by atoms with E-state index in [1.165, 1.54) is 4.88 Å². The molecule has 1 aliphatic rings. The third-order valence-electron chi connectivity index (χ3n) is 3.93. The molecule has 23 heavy (non-hydrogen) atoms. The summed E-state index contributed by atoms with van der Waals surface area (Å²) in [5.74, 6) is 0.994. The second-order valence-electron chi connectivity index (χ2n) is 6.19. The summed E-state index contributed by atoms with van der Waals surface area (Å²) in [6, 6.07) is 4.15. The van der Waals surface area contributed by atoms with Gasteiger partial charge in [0.2, 0.25) is 0 Å². The van der Waals surface area contributed by atoms with Gasteiger partial charge in [0, 0.05) is 37.5 Å². The Hall–Kier alpha value is -0.600. The lowest BCUT2D eigenvalue weighted by molar-refractivity contribution is 0.353. The van der Waals surface area contributed by atoms with E-state index >= 15 is 0 Å². The van der Waals surface area contributed by atoms with Crippen LogP contribution in [0, 0.1) is 0 Å². The van der Waals surface area contributed by atoms with Crippen LogP contribution in [0.3, 0.4) is 0 Å². The molecule has 0 atom stereocenters. The molecule has 5 nitrogen and oxygen atoms in total. The molecule has 1 saturated heterocycles. The van der Waals surface area contributed by atoms with E-state index in [1.807, 2.05) is 13.0 Å². The van der Waals surface area contributed by atoms with Gasteiger partial charge in [-0.1, -0.05) is 0 Å². The number of nitrogens with one attached hydrogen (secondary N) is 1. The van der Waals surface area contributed by atoms with Gasteiger partial charge in [0.05, 0.1) is 14.3 Å². The molecule has 8 heteroatoms. The summed E-state index contributed by atoms with van der Waals surface area (Å²) < 4.78 is 24.7. The van der Waals surface area contributed by atoms with E-state index in [9.17, 15) is 8.42 Å². The molecule has 0 aliphatic carbocycles. The lowest BCUT2D eigenvalue weighted by Gasteiger charge is -2.39. The van der Waals surface area contributed by atoms with Gasteiger partial charge >= 0.3 is 0 Å². The van der Waals surface area contributed by atoms with Gasteiger partial charge in [-0.2, -0.15) is 0 Å². The van der Waals surface area contributed by atoms with Crippen molar-refractivity contribution >= 4 is 43.1 Å². The van der Waals surface area contributed by atoms with Crippen molar-refractivity contribution in [3.05, 3.63) is 20.8 Å². The van der Waals surface area contributed by atoms with Crippen LogP contribution in [-0.4, -0.2) is 56.0 Å². The molecule has 2 heterocycles. The zero-order chi connectivity index (χ0) is 17.1. The summed E-state index contributed by atoms with van der Waals surface area (Å²) in [5.41, 5.74) is 0. The Morgan fingerprint density at radius 1 is 1.48 bits per heavy atom. The average Bonchev–Trinajstić information content (AvgIpc) is 2.87. The second kappa shape index (κ2) is 7.53. The van der Waals surface area contributed by atoms with Crippen LogP contribution in [0.15, 0.2) is 20.9 Å². The van der Waals surface area contributed by atoms with E-state index in [0.29, 0.717) is 19.6 Å². The Bertz CT molecular complexity index is 668. The topological polar surface area (TPSA) is 61.8 Å². The Morgan fingerprint density at radius 3 is 2.78 bits per heavy atom. The van der Waals surface area contributed by atoms with Crippen molar-refractivity contribution in [2.24, 2.45) is 4.99 Å². The fourth-order valence-electron chi connectivity index (χ4n) is 2.51. The maximum atomic E-state index is 12.1. The second-order valence-corrected chi connectivity index (χ2v) is 11.5. The minimum absolute atomic E-state index is 0.183. The fraction of sp³-hybridized carbons (Fsp3) is 0.667. The van der Waals surface area contributed by atoms with Crippen molar-refractivity contribution in [1.29, 1.82) is 0 Å². The number of thiophene rings is 1. The fourth-order valence-corrected chi connectivity index (χ4v) is 5.35. The first-order valence-electron chi connectivity index (χ1n) is 7.75. The summed E-state index contributed by atoms with van der Waals surface area (Å²) in [6.45, 7) is 8.06. The Balaban J connectivity index is 2.04. The molecule has 0 spiro atoms. The number of halogens is 1. The summed E-state index contributed by atoms with van der Waals surface area (Å²) in [4.78, 5) is 8.04. The molecule has 0 aromatic carbocycles. The molecule has 1 aromatic heterocycles. The molecule has 1 aliphatic heterocycles. The summed E-state index contributed by atoms with van der Waals surface area (Å²) in [5, 5.41) is 3.28. The number of rotatable bonds is 4. The maximum Gasteiger partial charge on any atom is 0.194 e. The van der Waals surface area contributed by atoms with E-state index in [4.69, 9.17) is 0 Å². The molecule has 1 fully saturated rings. The molecule has 0 amide bonds. The van der Waals surface area contributed by atoms with E-state index in [-0.39, 0.29) is 5.75 Å². The quantitative estimate of drug-likeness (QED) is 0.599. The molecule has 0 radical (unpaired) electrons. The van der Waals surface area contributed by atoms with Gasteiger partial charge in [0.25, 0.3) is 0 Å². The normalized spacial score (nSPS) is 20.5. The Labute approximate surface area is 151 Å². The largest absolute Gasteiger partial charge is 0.357 e. The van der Waals surface area contributed by atoms with Crippen LogP contribution < -0.4 is 5.32 Å². The van der Waals surface area contributed by atoms with Gasteiger partial charge in [-0.05, 0) is 48.8 Å². The molecule has 130 valence electrons. The summed E-state index contributed by atoms with van der Waals surface area (Å²) in [7, 11) is -3.03. The standard InChI is InChI=1S/C15H24BrN3O2S2/c1-4-17-14(18-8-7-12-5-6-13(16)22-12)19-9-10-23(20,21)15(2,3)11-19/h5-6H,4,7-11H2,1-3H3,(H,17,18). The van der Waals surface area contributed by atoms with Crippen molar-refractivity contribution in [1.82, 2.24) is 10.2 Å². The zero-order valence-corrected chi connectivity index (χ0v) is 17.0. The Morgan fingerprint density at radius 2 is 2.22 bits per heavy atom. The predicted octanol–water partition coefficient (Wildman–Crippen LogP) is 2.53. The van der Waals surface area contributed by atoms with Crippen molar-refractivity contribution in [3.63, 3.8) is 0 Å². The molecule has 1 N–H and O–H groups in total. The van der Waals surface area contributed by atoms with Crippen LogP contribution in [0.1, 0.15) is 25.6 Å². The molecular weight excluding hydrogens is 398 g/mol. The van der Waals surface area contributed by atoms with Gasteiger partial charge in [-0.3, -0.25) is 4.99 Å². The first kappa shape index (κ1) is 18.7. The number of aliphatic imine (C=N–C) groups is 1. The SMILES string of the molecule is CCNC(=NCCc1ccc(Br)s1)N1CCS(=O)(=O)C(C)(C)C1. The molecule has 0 bridgehead atoms. The van der Waals surface area contributed by atoms with E-state index in [0.717, 1.165) is 22.7 Å². The molecule has 0 unspecified atom stereocenters. The molecule has 1 aromatic rings.